The molecule has 21 heavy (non-hydrogen) atoms. The summed E-state index contributed by atoms with van der Waals surface area (Å²) in [6.45, 7) is 0. The average molecular weight is 343 g/mol. The van der Waals surface area contributed by atoms with Crippen LogP contribution in [0.2, 0.25) is 0 Å². The zero-order chi connectivity index (χ0) is 14.4. The lowest BCUT2D eigenvalue weighted by Gasteiger charge is -2.38. The van der Waals surface area contributed by atoms with Crippen molar-refractivity contribution < 1.29 is 9.53 Å². The smallest absolute Gasteiger partial charge is 0.339 e. The molecule has 1 aliphatic carbocycles. The summed E-state index contributed by atoms with van der Waals surface area (Å²) >= 11 is 3.82. The van der Waals surface area contributed by atoms with Crippen LogP contribution in [-0.2, 0) is 16.8 Å². The molecule has 106 valence electrons. The number of carbonyl (C=O) groups excluding carboxylic acids is 1. The van der Waals surface area contributed by atoms with Gasteiger partial charge in [-0.05, 0) is 36.5 Å². The van der Waals surface area contributed by atoms with Crippen molar-refractivity contribution >= 4 is 21.9 Å². The van der Waals surface area contributed by atoms with E-state index in [-0.39, 0.29) is 10.8 Å². The molecule has 3 heteroatoms. The van der Waals surface area contributed by atoms with Crippen LogP contribution < -0.4 is 0 Å². The summed E-state index contributed by atoms with van der Waals surface area (Å²) in [5.74, 6) is -0.186. The molecule has 2 aromatic carbocycles. The van der Waals surface area contributed by atoms with Gasteiger partial charge in [0.2, 0.25) is 0 Å². The van der Waals surface area contributed by atoms with Gasteiger partial charge in [-0.25, -0.2) is 4.79 Å². The first-order valence-electron chi connectivity index (χ1n) is 7.27. The van der Waals surface area contributed by atoms with E-state index in [4.69, 9.17) is 4.74 Å². The van der Waals surface area contributed by atoms with Gasteiger partial charge in [-0.15, -0.1) is 0 Å². The number of esters is 1. The summed E-state index contributed by atoms with van der Waals surface area (Å²) in [5, 5.41) is 0. The second-order valence-electron chi connectivity index (χ2n) is 5.75. The quantitative estimate of drug-likeness (QED) is 0.592. The minimum absolute atomic E-state index is 0.0159. The molecule has 0 bridgehead atoms. The fourth-order valence-corrected chi connectivity index (χ4v) is 4.52. The Morgan fingerprint density at radius 3 is 2.71 bits per heavy atom. The third-order valence-corrected chi connectivity index (χ3v) is 5.83. The van der Waals surface area contributed by atoms with Crippen LogP contribution in [0.15, 0.2) is 48.5 Å². The summed E-state index contributed by atoms with van der Waals surface area (Å²) in [5.41, 5.74) is 3.70. The molecule has 0 amide bonds. The maximum Gasteiger partial charge on any atom is 0.339 e. The first-order valence-corrected chi connectivity index (χ1v) is 8.19. The summed E-state index contributed by atoms with van der Waals surface area (Å²) in [4.78, 5) is 12.3. The number of carbonyl (C=O) groups is 1. The lowest BCUT2D eigenvalue weighted by Crippen LogP contribution is -2.34. The number of alkyl halides is 1. The molecular weight excluding hydrogens is 328 g/mol. The summed E-state index contributed by atoms with van der Waals surface area (Å²) in [7, 11) is 0. The molecule has 0 fully saturated rings. The van der Waals surface area contributed by atoms with Crippen LogP contribution in [0, 0.1) is 0 Å². The van der Waals surface area contributed by atoms with E-state index in [0.717, 1.165) is 36.0 Å². The Kier molecular flexibility index (Phi) is 2.93. The molecule has 0 saturated carbocycles. The molecule has 2 atom stereocenters. The van der Waals surface area contributed by atoms with Gasteiger partial charge in [-0.2, -0.15) is 0 Å². The fraction of sp³-hybridized carbons (Fsp3) is 0.278. The Bertz CT molecular complexity index is 710. The lowest BCUT2D eigenvalue weighted by molar-refractivity contribution is -0.0173. The molecule has 2 aromatic rings. The molecule has 0 spiro atoms. The summed E-state index contributed by atoms with van der Waals surface area (Å²) in [6, 6.07) is 16.2. The standard InChI is InChI=1S/C18H15BrO2/c19-16(13-6-2-1-3-7-13)18-11-5-9-12-8-4-10-14(15(12)18)17(20)21-18/h1-4,6-8,10,16H,5,9,11H2/t16-,18+/m1/s1. The van der Waals surface area contributed by atoms with E-state index in [9.17, 15) is 4.79 Å². The Labute approximate surface area is 132 Å². The maximum absolute atomic E-state index is 12.3. The summed E-state index contributed by atoms with van der Waals surface area (Å²) in [6.07, 6.45) is 2.93. The Morgan fingerprint density at radius 2 is 1.90 bits per heavy atom. The van der Waals surface area contributed by atoms with Crippen LogP contribution in [0.3, 0.4) is 0 Å². The Balaban J connectivity index is 1.91. The van der Waals surface area contributed by atoms with E-state index >= 15 is 0 Å². The predicted octanol–water partition coefficient (Wildman–Crippen LogP) is 4.52. The Morgan fingerprint density at radius 1 is 1.10 bits per heavy atom. The number of halogens is 1. The van der Waals surface area contributed by atoms with Gasteiger partial charge in [0.15, 0.2) is 5.60 Å². The number of hydrogen-bond acceptors (Lipinski definition) is 2. The molecule has 0 N–H and O–H groups in total. The number of aryl methyl sites for hydroxylation is 1. The SMILES string of the molecule is O=C1O[C@@]2([C@H](Br)c3ccccc3)CCCc3cccc1c32. The van der Waals surface area contributed by atoms with E-state index < -0.39 is 5.60 Å². The van der Waals surface area contributed by atoms with E-state index in [1.807, 2.05) is 30.3 Å². The first kappa shape index (κ1) is 13.1. The van der Waals surface area contributed by atoms with Crippen molar-refractivity contribution in [2.45, 2.75) is 29.7 Å². The average Bonchev–Trinajstić information content (AvgIpc) is 2.83. The molecule has 2 nitrogen and oxygen atoms in total. The number of benzene rings is 2. The van der Waals surface area contributed by atoms with Crippen molar-refractivity contribution in [3.05, 3.63) is 70.8 Å². The minimum atomic E-state index is -0.553. The highest BCUT2D eigenvalue weighted by molar-refractivity contribution is 9.09. The van der Waals surface area contributed by atoms with Crippen molar-refractivity contribution in [3.63, 3.8) is 0 Å². The molecule has 0 unspecified atom stereocenters. The van der Waals surface area contributed by atoms with Crippen LogP contribution >= 0.6 is 15.9 Å². The second-order valence-corrected chi connectivity index (χ2v) is 6.66. The zero-order valence-corrected chi connectivity index (χ0v) is 13.1. The molecule has 4 rings (SSSR count). The molecule has 1 aliphatic heterocycles. The Hall–Kier alpha value is -1.61. The topological polar surface area (TPSA) is 26.3 Å². The van der Waals surface area contributed by atoms with Crippen LogP contribution in [0.4, 0.5) is 0 Å². The third-order valence-electron chi connectivity index (χ3n) is 4.56. The summed E-state index contributed by atoms with van der Waals surface area (Å²) < 4.78 is 5.93. The molecular formula is C18H15BrO2. The van der Waals surface area contributed by atoms with Crippen LogP contribution in [0.5, 0.6) is 0 Å². The normalized spacial score (nSPS) is 24.3. The van der Waals surface area contributed by atoms with E-state index in [1.54, 1.807) is 0 Å². The molecule has 2 aliphatic rings. The molecule has 0 radical (unpaired) electrons. The van der Waals surface area contributed by atoms with Crippen LogP contribution in [-0.4, -0.2) is 5.97 Å². The van der Waals surface area contributed by atoms with Gasteiger partial charge >= 0.3 is 5.97 Å². The first-order chi connectivity index (χ1) is 10.2. The lowest BCUT2D eigenvalue weighted by atomic mass is 9.75. The van der Waals surface area contributed by atoms with Crippen molar-refractivity contribution in [1.82, 2.24) is 0 Å². The predicted molar refractivity (Wildman–Crippen MR) is 84.6 cm³/mol. The van der Waals surface area contributed by atoms with Gasteiger partial charge in [0.05, 0.1) is 10.4 Å². The highest BCUT2D eigenvalue weighted by Gasteiger charge is 2.53. The number of hydrogen-bond donors (Lipinski definition) is 0. The van der Waals surface area contributed by atoms with E-state index in [1.165, 1.54) is 5.56 Å². The van der Waals surface area contributed by atoms with Crippen molar-refractivity contribution in [1.29, 1.82) is 0 Å². The van der Waals surface area contributed by atoms with Gasteiger partial charge < -0.3 is 4.74 Å². The highest BCUT2D eigenvalue weighted by atomic mass is 79.9. The van der Waals surface area contributed by atoms with Gasteiger partial charge in [0.25, 0.3) is 0 Å². The highest BCUT2D eigenvalue weighted by Crippen LogP contribution is 2.55. The minimum Gasteiger partial charge on any atom is -0.449 e. The van der Waals surface area contributed by atoms with E-state index in [0.29, 0.717) is 0 Å². The van der Waals surface area contributed by atoms with Gasteiger partial charge in [-0.3, -0.25) is 0 Å². The van der Waals surface area contributed by atoms with Crippen LogP contribution in [0.1, 0.15) is 44.7 Å². The van der Waals surface area contributed by atoms with Crippen LogP contribution in [0.25, 0.3) is 0 Å². The fourth-order valence-electron chi connectivity index (χ4n) is 3.66. The third kappa shape index (κ3) is 1.80. The zero-order valence-electron chi connectivity index (χ0n) is 11.5. The maximum atomic E-state index is 12.3. The number of rotatable bonds is 2. The molecule has 0 saturated heterocycles. The monoisotopic (exact) mass is 342 g/mol. The second kappa shape index (κ2) is 4.70. The van der Waals surface area contributed by atoms with Gasteiger partial charge in [-0.1, -0.05) is 58.4 Å². The van der Waals surface area contributed by atoms with Crippen molar-refractivity contribution in [2.75, 3.05) is 0 Å². The largest absolute Gasteiger partial charge is 0.449 e. The van der Waals surface area contributed by atoms with Gasteiger partial charge in [0.1, 0.15) is 0 Å². The molecule has 0 aromatic heterocycles. The molecule has 1 heterocycles. The number of ether oxygens (including phenoxy) is 1. The van der Waals surface area contributed by atoms with Crippen molar-refractivity contribution in [2.24, 2.45) is 0 Å². The van der Waals surface area contributed by atoms with Gasteiger partial charge in [0, 0.05) is 5.56 Å². The van der Waals surface area contributed by atoms with E-state index in [2.05, 4.69) is 34.1 Å². The van der Waals surface area contributed by atoms with Crippen molar-refractivity contribution in [3.8, 4) is 0 Å².